The molecule has 3 rings (SSSR count). The van der Waals surface area contributed by atoms with Crippen LogP contribution < -0.4 is 16.0 Å². The number of anilines is 2. The zero-order chi connectivity index (χ0) is 13.8. The van der Waals surface area contributed by atoms with Crippen LogP contribution in [0.1, 0.15) is 50.1 Å². The molecule has 1 aliphatic carbocycles. The smallest absolute Gasteiger partial charge is 0.222 e. The lowest BCUT2D eigenvalue weighted by Crippen LogP contribution is -2.29. The number of rotatable bonds is 2. The number of nitrogens with two attached hydrogens (primary N) is 1. The molecule has 5 nitrogen and oxygen atoms in total. The minimum absolute atomic E-state index is 0.431. The first-order valence-electron chi connectivity index (χ1n) is 7.93. The maximum Gasteiger partial charge on any atom is 0.222 e. The van der Waals surface area contributed by atoms with Gasteiger partial charge in [-0.15, -0.1) is 0 Å². The summed E-state index contributed by atoms with van der Waals surface area (Å²) in [7, 11) is 0. The molecule has 0 bridgehead atoms. The molecule has 1 aromatic rings. The van der Waals surface area contributed by atoms with Gasteiger partial charge in [-0.05, 0) is 25.8 Å². The van der Waals surface area contributed by atoms with Gasteiger partial charge in [-0.1, -0.05) is 19.3 Å². The molecule has 110 valence electrons. The first-order valence-corrected chi connectivity index (χ1v) is 7.93. The molecule has 2 fully saturated rings. The Morgan fingerprint density at radius 2 is 1.90 bits per heavy atom. The van der Waals surface area contributed by atoms with Gasteiger partial charge in [-0.25, -0.2) is 4.98 Å². The summed E-state index contributed by atoms with van der Waals surface area (Å²) in [6, 6.07) is 2.18. The predicted octanol–water partition coefficient (Wildman–Crippen LogP) is 1.91. The van der Waals surface area contributed by atoms with E-state index >= 15 is 0 Å². The fourth-order valence-electron chi connectivity index (χ4n) is 3.32. The zero-order valence-electron chi connectivity index (χ0n) is 12.1. The van der Waals surface area contributed by atoms with Gasteiger partial charge in [0, 0.05) is 31.6 Å². The molecule has 2 heterocycles. The Morgan fingerprint density at radius 3 is 2.75 bits per heavy atom. The van der Waals surface area contributed by atoms with E-state index in [9.17, 15) is 0 Å². The third-order valence-corrected chi connectivity index (χ3v) is 4.44. The summed E-state index contributed by atoms with van der Waals surface area (Å²) < 4.78 is 0. The molecule has 0 spiro atoms. The number of nitrogen functional groups attached to an aromatic ring is 1. The van der Waals surface area contributed by atoms with E-state index in [1.165, 1.54) is 32.1 Å². The van der Waals surface area contributed by atoms with E-state index in [4.69, 9.17) is 5.73 Å². The van der Waals surface area contributed by atoms with Gasteiger partial charge < -0.3 is 16.0 Å². The maximum absolute atomic E-state index is 5.95. The van der Waals surface area contributed by atoms with Crippen LogP contribution in [-0.4, -0.2) is 36.1 Å². The lowest BCUT2D eigenvalue weighted by Gasteiger charge is -2.25. The van der Waals surface area contributed by atoms with Crippen LogP contribution in [-0.2, 0) is 0 Å². The van der Waals surface area contributed by atoms with Gasteiger partial charge in [-0.3, -0.25) is 0 Å². The number of hydrogen-bond acceptors (Lipinski definition) is 5. The molecule has 20 heavy (non-hydrogen) atoms. The Bertz CT molecular complexity index is 434. The highest BCUT2D eigenvalue weighted by Gasteiger charge is 2.20. The number of nitrogens with one attached hydrogen (secondary N) is 1. The molecule has 5 heteroatoms. The van der Waals surface area contributed by atoms with E-state index in [2.05, 4.69) is 26.3 Å². The summed E-state index contributed by atoms with van der Waals surface area (Å²) in [6.07, 6.45) is 7.65. The molecule has 0 aromatic carbocycles. The van der Waals surface area contributed by atoms with Crippen molar-refractivity contribution in [1.29, 1.82) is 0 Å². The fourth-order valence-corrected chi connectivity index (χ4v) is 3.32. The molecule has 1 saturated heterocycles. The molecule has 0 unspecified atom stereocenters. The second-order valence-corrected chi connectivity index (χ2v) is 5.93. The number of hydrogen-bond donors (Lipinski definition) is 2. The molecule has 2 aliphatic rings. The molecule has 0 amide bonds. The third kappa shape index (κ3) is 3.20. The van der Waals surface area contributed by atoms with Crippen LogP contribution in [0.25, 0.3) is 0 Å². The summed E-state index contributed by atoms with van der Waals surface area (Å²) in [5.74, 6) is 2.03. The Kier molecular flexibility index (Phi) is 4.35. The fraction of sp³-hybridized carbons (Fsp3) is 0.733. The summed E-state index contributed by atoms with van der Waals surface area (Å²) in [5.41, 5.74) is 7.10. The van der Waals surface area contributed by atoms with Gasteiger partial charge in [0.1, 0.15) is 5.82 Å². The lowest BCUT2D eigenvalue weighted by molar-refractivity contribution is 0.436. The largest absolute Gasteiger partial charge is 0.368 e. The van der Waals surface area contributed by atoms with Gasteiger partial charge in [-0.2, -0.15) is 4.98 Å². The molecular weight excluding hydrogens is 250 g/mol. The molecule has 1 aliphatic heterocycles. The average molecular weight is 275 g/mol. The van der Waals surface area contributed by atoms with Gasteiger partial charge in [0.15, 0.2) is 0 Å². The van der Waals surface area contributed by atoms with Crippen LogP contribution in [0.2, 0.25) is 0 Å². The summed E-state index contributed by atoms with van der Waals surface area (Å²) in [4.78, 5) is 11.3. The second-order valence-electron chi connectivity index (χ2n) is 5.93. The Morgan fingerprint density at radius 1 is 1.05 bits per heavy atom. The molecular formula is C15H25N5. The van der Waals surface area contributed by atoms with Gasteiger partial charge >= 0.3 is 0 Å². The summed E-state index contributed by atoms with van der Waals surface area (Å²) >= 11 is 0. The van der Waals surface area contributed by atoms with Crippen molar-refractivity contribution in [2.24, 2.45) is 0 Å². The average Bonchev–Trinajstić information content (AvgIpc) is 2.77. The van der Waals surface area contributed by atoms with E-state index in [1.807, 2.05) is 0 Å². The predicted molar refractivity (Wildman–Crippen MR) is 82.0 cm³/mol. The standard InChI is InChI=1S/C15H25N5/c16-15-18-13(12-5-2-1-3-6-12)11-14(19-15)20-9-4-7-17-8-10-20/h11-12,17H,1-10H2,(H2,16,18,19). The Hall–Kier alpha value is -1.36. The molecule has 0 radical (unpaired) electrons. The van der Waals surface area contributed by atoms with E-state index < -0.39 is 0 Å². The first-order chi connectivity index (χ1) is 9.83. The first kappa shape index (κ1) is 13.6. The van der Waals surface area contributed by atoms with Crippen molar-refractivity contribution in [1.82, 2.24) is 15.3 Å². The zero-order valence-corrected chi connectivity index (χ0v) is 12.1. The Labute approximate surface area is 121 Å². The van der Waals surface area contributed by atoms with Gasteiger partial charge in [0.2, 0.25) is 5.95 Å². The summed E-state index contributed by atoms with van der Waals surface area (Å²) in [6.45, 7) is 4.16. The van der Waals surface area contributed by atoms with Crippen LogP contribution in [0.3, 0.4) is 0 Å². The van der Waals surface area contributed by atoms with E-state index in [0.29, 0.717) is 11.9 Å². The lowest BCUT2D eigenvalue weighted by atomic mass is 9.87. The minimum atomic E-state index is 0.431. The highest BCUT2D eigenvalue weighted by Crippen LogP contribution is 2.33. The second kappa shape index (κ2) is 6.39. The topological polar surface area (TPSA) is 67.1 Å². The van der Waals surface area contributed by atoms with E-state index in [-0.39, 0.29) is 0 Å². The normalized spacial score (nSPS) is 21.7. The third-order valence-electron chi connectivity index (χ3n) is 4.44. The monoisotopic (exact) mass is 275 g/mol. The van der Waals surface area contributed by atoms with Crippen molar-refractivity contribution in [3.05, 3.63) is 11.8 Å². The molecule has 0 atom stereocenters. The van der Waals surface area contributed by atoms with Crippen molar-refractivity contribution in [2.45, 2.75) is 44.4 Å². The van der Waals surface area contributed by atoms with Crippen molar-refractivity contribution in [3.63, 3.8) is 0 Å². The number of aromatic nitrogens is 2. The molecule has 1 aromatic heterocycles. The van der Waals surface area contributed by atoms with Crippen LogP contribution in [0.4, 0.5) is 11.8 Å². The van der Waals surface area contributed by atoms with Crippen molar-refractivity contribution < 1.29 is 0 Å². The van der Waals surface area contributed by atoms with Crippen LogP contribution in [0.15, 0.2) is 6.07 Å². The highest BCUT2D eigenvalue weighted by atomic mass is 15.2. The van der Waals surface area contributed by atoms with Crippen molar-refractivity contribution in [3.8, 4) is 0 Å². The van der Waals surface area contributed by atoms with Crippen LogP contribution in [0.5, 0.6) is 0 Å². The maximum atomic E-state index is 5.95. The Balaban J connectivity index is 1.81. The minimum Gasteiger partial charge on any atom is -0.368 e. The van der Waals surface area contributed by atoms with Crippen molar-refractivity contribution >= 4 is 11.8 Å². The summed E-state index contributed by atoms with van der Waals surface area (Å²) in [5, 5.41) is 3.42. The number of nitrogens with zero attached hydrogens (tertiary/aromatic N) is 3. The molecule has 1 saturated carbocycles. The van der Waals surface area contributed by atoms with E-state index in [0.717, 1.165) is 44.1 Å². The van der Waals surface area contributed by atoms with Gasteiger partial charge in [0.25, 0.3) is 0 Å². The quantitative estimate of drug-likeness (QED) is 0.863. The highest BCUT2D eigenvalue weighted by molar-refractivity contribution is 5.44. The van der Waals surface area contributed by atoms with Crippen LogP contribution >= 0.6 is 0 Å². The molecule has 3 N–H and O–H groups in total. The SMILES string of the molecule is Nc1nc(C2CCCCC2)cc(N2CCCNCC2)n1. The van der Waals surface area contributed by atoms with E-state index in [1.54, 1.807) is 0 Å². The van der Waals surface area contributed by atoms with Crippen molar-refractivity contribution in [2.75, 3.05) is 36.8 Å². The van der Waals surface area contributed by atoms with Gasteiger partial charge in [0.05, 0.1) is 5.69 Å². The van der Waals surface area contributed by atoms with Crippen LogP contribution in [0, 0.1) is 0 Å².